The van der Waals surface area contributed by atoms with Crippen LogP contribution < -0.4 is 5.32 Å². The van der Waals surface area contributed by atoms with Gasteiger partial charge < -0.3 is 9.88 Å². The number of fused-ring (bicyclic) bond motifs is 1. The summed E-state index contributed by atoms with van der Waals surface area (Å²) >= 11 is 0. The van der Waals surface area contributed by atoms with E-state index in [1.165, 1.54) is 50.8 Å². The first-order valence-electron chi connectivity index (χ1n) is 7.98. The summed E-state index contributed by atoms with van der Waals surface area (Å²) in [5.74, 6) is 2.32. The van der Waals surface area contributed by atoms with Gasteiger partial charge in [0.1, 0.15) is 11.6 Å². The van der Waals surface area contributed by atoms with Crippen molar-refractivity contribution in [1.82, 2.24) is 20.1 Å². The van der Waals surface area contributed by atoms with Gasteiger partial charge in [-0.2, -0.15) is 0 Å². The lowest BCUT2D eigenvalue weighted by molar-refractivity contribution is 0.488. The summed E-state index contributed by atoms with van der Waals surface area (Å²) in [5, 5.41) is 12.4. The molecule has 1 aliphatic heterocycles. The molecule has 0 bridgehead atoms. The van der Waals surface area contributed by atoms with Crippen molar-refractivity contribution in [3.8, 4) is 0 Å². The third kappa shape index (κ3) is 4.03. The van der Waals surface area contributed by atoms with Crippen LogP contribution in [0.4, 0.5) is 0 Å². The molecule has 0 saturated carbocycles. The molecule has 0 aliphatic carbocycles. The molecule has 1 aromatic heterocycles. The molecule has 1 aromatic rings. The number of nitrogens with zero attached hydrogens (tertiary/aromatic N) is 3. The van der Waals surface area contributed by atoms with Crippen molar-refractivity contribution in [3.05, 3.63) is 11.6 Å². The second-order valence-electron chi connectivity index (χ2n) is 5.67. The summed E-state index contributed by atoms with van der Waals surface area (Å²) in [6.45, 7) is 6.65. The van der Waals surface area contributed by atoms with E-state index in [2.05, 4.69) is 33.9 Å². The van der Waals surface area contributed by atoms with Gasteiger partial charge in [0.05, 0.1) is 6.04 Å². The standard InChI is InChI=1S/C15H28N4/c1-3-4-5-8-11-16-13(2)15-18-17-14-10-7-6-9-12-19(14)15/h13,16H,3-12H2,1-2H3. The first-order chi connectivity index (χ1) is 9.33. The van der Waals surface area contributed by atoms with Crippen molar-refractivity contribution in [2.45, 2.75) is 77.8 Å². The van der Waals surface area contributed by atoms with Gasteiger partial charge in [0.15, 0.2) is 0 Å². The predicted octanol–water partition coefficient (Wildman–Crippen LogP) is 3.24. The van der Waals surface area contributed by atoms with Gasteiger partial charge in [-0.25, -0.2) is 0 Å². The molecule has 19 heavy (non-hydrogen) atoms. The SMILES string of the molecule is CCCCCCNC(C)c1nnc2n1CCCCC2. The van der Waals surface area contributed by atoms with Crippen molar-refractivity contribution in [2.24, 2.45) is 0 Å². The Morgan fingerprint density at radius 3 is 2.89 bits per heavy atom. The Balaban J connectivity index is 1.85. The van der Waals surface area contributed by atoms with Crippen LogP contribution in [0.1, 0.15) is 76.5 Å². The second kappa shape index (κ2) is 7.63. The van der Waals surface area contributed by atoms with Crippen molar-refractivity contribution < 1.29 is 0 Å². The van der Waals surface area contributed by atoms with Crippen LogP contribution in [0.25, 0.3) is 0 Å². The first-order valence-corrected chi connectivity index (χ1v) is 7.98. The summed E-state index contributed by atoms with van der Waals surface area (Å²) < 4.78 is 2.34. The van der Waals surface area contributed by atoms with Crippen LogP contribution in [0.15, 0.2) is 0 Å². The second-order valence-corrected chi connectivity index (χ2v) is 5.67. The number of nitrogens with one attached hydrogen (secondary N) is 1. The number of hydrogen-bond donors (Lipinski definition) is 1. The lowest BCUT2D eigenvalue weighted by Crippen LogP contribution is -2.23. The molecular formula is C15H28N4. The molecule has 4 nitrogen and oxygen atoms in total. The highest BCUT2D eigenvalue weighted by atomic mass is 15.3. The van der Waals surface area contributed by atoms with Gasteiger partial charge in [-0.1, -0.05) is 32.6 Å². The van der Waals surface area contributed by atoms with Crippen LogP contribution in [-0.4, -0.2) is 21.3 Å². The largest absolute Gasteiger partial charge is 0.314 e. The normalized spacial score (nSPS) is 16.9. The van der Waals surface area contributed by atoms with Gasteiger partial charge in [-0.05, 0) is 32.7 Å². The van der Waals surface area contributed by atoms with Gasteiger partial charge in [0, 0.05) is 13.0 Å². The van der Waals surface area contributed by atoms with E-state index in [4.69, 9.17) is 0 Å². The van der Waals surface area contributed by atoms with Gasteiger partial charge in [0.25, 0.3) is 0 Å². The molecule has 0 amide bonds. The van der Waals surface area contributed by atoms with Crippen molar-refractivity contribution in [2.75, 3.05) is 6.54 Å². The molecule has 2 rings (SSSR count). The number of rotatable bonds is 7. The summed E-state index contributed by atoms with van der Waals surface area (Å²) in [7, 11) is 0. The maximum atomic E-state index is 4.40. The minimum Gasteiger partial charge on any atom is -0.314 e. The van der Waals surface area contributed by atoms with Crippen LogP contribution >= 0.6 is 0 Å². The van der Waals surface area contributed by atoms with Crippen LogP contribution in [0.3, 0.4) is 0 Å². The Morgan fingerprint density at radius 1 is 1.16 bits per heavy atom. The van der Waals surface area contributed by atoms with Gasteiger partial charge in [-0.15, -0.1) is 10.2 Å². The van der Waals surface area contributed by atoms with Crippen molar-refractivity contribution >= 4 is 0 Å². The maximum absolute atomic E-state index is 4.40. The Bertz CT molecular complexity index is 372. The van der Waals surface area contributed by atoms with Gasteiger partial charge in [0.2, 0.25) is 0 Å². The predicted molar refractivity (Wildman–Crippen MR) is 78.1 cm³/mol. The van der Waals surface area contributed by atoms with E-state index in [-0.39, 0.29) is 0 Å². The molecule has 0 aromatic carbocycles. The molecule has 1 aliphatic rings. The van der Waals surface area contributed by atoms with Crippen LogP contribution in [0.2, 0.25) is 0 Å². The Kier molecular flexibility index (Phi) is 5.83. The Labute approximate surface area is 117 Å². The van der Waals surface area contributed by atoms with E-state index < -0.39 is 0 Å². The number of unbranched alkanes of at least 4 members (excludes halogenated alkanes) is 3. The van der Waals surface area contributed by atoms with E-state index >= 15 is 0 Å². The smallest absolute Gasteiger partial charge is 0.149 e. The third-order valence-electron chi connectivity index (χ3n) is 4.01. The average molecular weight is 264 g/mol. The van der Waals surface area contributed by atoms with Gasteiger partial charge in [-0.3, -0.25) is 0 Å². The number of aromatic nitrogens is 3. The zero-order valence-electron chi connectivity index (χ0n) is 12.5. The summed E-state index contributed by atoms with van der Waals surface area (Å²) in [6.07, 6.45) is 10.2. The molecule has 0 spiro atoms. The maximum Gasteiger partial charge on any atom is 0.149 e. The van der Waals surface area contributed by atoms with Crippen LogP contribution in [-0.2, 0) is 13.0 Å². The zero-order chi connectivity index (χ0) is 13.5. The number of hydrogen-bond acceptors (Lipinski definition) is 3. The molecule has 0 fully saturated rings. The molecule has 108 valence electrons. The van der Waals surface area contributed by atoms with E-state index in [9.17, 15) is 0 Å². The van der Waals surface area contributed by atoms with E-state index in [1.54, 1.807) is 0 Å². The highest BCUT2D eigenvalue weighted by molar-refractivity contribution is 5.01. The van der Waals surface area contributed by atoms with Crippen LogP contribution in [0.5, 0.6) is 0 Å². The van der Waals surface area contributed by atoms with E-state index in [1.807, 2.05) is 0 Å². The lowest BCUT2D eigenvalue weighted by atomic mass is 10.2. The quantitative estimate of drug-likeness (QED) is 0.769. The van der Waals surface area contributed by atoms with Crippen molar-refractivity contribution in [3.63, 3.8) is 0 Å². The Morgan fingerprint density at radius 2 is 2.05 bits per heavy atom. The molecule has 2 heterocycles. The van der Waals surface area contributed by atoms with E-state index in [0.717, 1.165) is 25.3 Å². The third-order valence-corrected chi connectivity index (χ3v) is 4.01. The zero-order valence-corrected chi connectivity index (χ0v) is 12.5. The topological polar surface area (TPSA) is 42.7 Å². The first kappa shape index (κ1) is 14.5. The minimum atomic E-state index is 0.320. The molecule has 0 radical (unpaired) electrons. The fraction of sp³-hybridized carbons (Fsp3) is 0.867. The summed E-state index contributed by atoms with van der Waals surface area (Å²) in [6, 6.07) is 0.320. The highest BCUT2D eigenvalue weighted by Gasteiger charge is 2.18. The Hall–Kier alpha value is -0.900. The number of aryl methyl sites for hydroxylation is 1. The van der Waals surface area contributed by atoms with Crippen LogP contribution in [0, 0.1) is 0 Å². The average Bonchev–Trinajstić information content (AvgIpc) is 2.67. The minimum absolute atomic E-state index is 0.320. The molecule has 4 heteroatoms. The summed E-state index contributed by atoms with van der Waals surface area (Å²) in [5.41, 5.74) is 0. The molecule has 1 unspecified atom stereocenters. The summed E-state index contributed by atoms with van der Waals surface area (Å²) in [4.78, 5) is 0. The van der Waals surface area contributed by atoms with Crippen molar-refractivity contribution in [1.29, 1.82) is 0 Å². The lowest BCUT2D eigenvalue weighted by Gasteiger charge is -2.15. The fourth-order valence-electron chi connectivity index (χ4n) is 2.79. The van der Waals surface area contributed by atoms with Gasteiger partial charge >= 0.3 is 0 Å². The highest BCUT2D eigenvalue weighted by Crippen LogP contribution is 2.18. The molecular weight excluding hydrogens is 236 g/mol. The molecule has 1 atom stereocenters. The molecule has 1 N–H and O–H groups in total. The van der Waals surface area contributed by atoms with E-state index in [0.29, 0.717) is 6.04 Å². The monoisotopic (exact) mass is 264 g/mol. The fourth-order valence-corrected chi connectivity index (χ4v) is 2.79. The molecule has 0 saturated heterocycles.